The van der Waals surface area contributed by atoms with E-state index < -0.39 is 0 Å². The summed E-state index contributed by atoms with van der Waals surface area (Å²) in [6.07, 6.45) is 1.17. The van der Waals surface area contributed by atoms with Crippen molar-refractivity contribution >= 4 is 5.69 Å². The number of benzene rings is 1. The lowest BCUT2D eigenvalue weighted by molar-refractivity contribution is 0.298. The highest BCUT2D eigenvalue weighted by molar-refractivity contribution is 5.47. The van der Waals surface area contributed by atoms with Crippen molar-refractivity contribution in [3.63, 3.8) is 0 Å². The lowest BCUT2D eigenvalue weighted by Crippen LogP contribution is -2.35. The molecule has 0 spiro atoms. The minimum atomic E-state index is 0.344. The van der Waals surface area contributed by atoms with Gasteiger partial charge in [0.15, 0.2) is 0 Å². The summed E-state index contributed by atoms with van der Waals surface area (Å²) in [4.78, 5) is 2.43. The molecule has 0 aliphatic carbocycles. The summed E-state index contributed by atoms with van der Waals surface area (Å²) in [5.41, 5.74) is 8.92. The molecule has 2 nitrogen and oxygen atoms in total. The highest BCUT2D eigenvalue weighted by Crippen LogP contribution is 2.26. The van der Waals surface area contributed by atoms with Gasteiger partial charge < -0.3 is 10.6 Å². The number of rotatable bonds is 6. The molecule has 1 aromatic carbocycles. The van der Waals surface area contributed by atoms with E-state index in [1.54, 1.807) is 0 Å². The Balaban J connectivity index is 2.72. The van der Waals surface area contributed by atoms with E-state index in [9.17, 15) is 0 Å². The Morgan fingerprint density at radius 1 is 1.16 bits per heavy atom. The Hall–Kier alpha value is -1.02. The van der Waals surface area contributed by atoms with E-state index in [2.05, 4.69) is 63.8 Å². The molecular weight excluding hydrogens is 232 g/mol. The molecule has 0 fully saturated rings. The quantitative estimate of drug-likeness (QED) is 0.844. The van der Waals surface area contributed by atoms with Crippen LogP contribution in [-0.2, 0) is 0 Å². The zero-order valence-electron chi connectivity index (χ0n) is 13.2. The highest BCUT2D eigenvalue weighted by Gasteiger charge is 2.19. The zero-order valence-corrected chi connectivity index (χ0v) is 13.2. The van der Waals surface area contributed by atoms with E-state index in [-0.39, 0.29) is 0 Å². The number of aryl methyl sites for hydroxylation is 1. The molecule has 0 radical (unpaired) electrons. The molecule has 2 heteroatoms. The SMILES string of the molecule is CCN(CC(CN)CC(C)(C)C)c1ccc(C)cc1. The second kappa shape index (κ2) is 6.95. The summed E-state index contributed by atoms with van der Waals surface area (Å²) in [6.45, 7) is 14.1. The summed E-state index contributed by atoms with van der Waals surface area (Å²) in [6, 6.07) is 8.78. The second-order valence-corrected chi connectivity index (χ2v) is 6.74. The van der Waals surface area contributed by atoms with Crippen LogP contribution in [0.2, 0.25) is 0 Å². The van der Waals surface area contributed by atoms with Crippen LogP contribution in [0.4, 0.5) is 5.69 Å². The molecule has 0 aromatic heterocycles. The largest absolute Gasteiger partial charge is 0.371 e. The van der Waals surface area contributed by atoms with Crippen molar-refractivity contribution in [3.8, 4) is 0 Å². The van der Waals surface area contributed by atoms with Crippen molar-refractivity contribution in [2.45, 2.75) is 41.0 Å². The van der Waals surface area contributed by atoms with Crippen LogP contribution >= 0.6 is 0 Å². The van der Waals surface area contributed by atoms with Crippen molar-refractivity contribution in [2.75, 3.05) is 24.5 Å². The number of nitrogens with two attached hydrogens (primary N) is 1. The maximum atomic E-state index is 5.96. The summed E-state index contributed by atoms with van der Waals surface area (Å²) >= 11 is 0. The van der Waals surface area contributed by atoms with Crippen molar-refractivity contribution in [2.24, 2.45) is 17.1 Å². The van der Waals surface area contributed by atoms with Gasteiger partial charge in [-0.1, -0.05) is 38.5 Å². The van der Waals surface area contributed by atoms with Gasteiger partial charge in [0.1, 0.15) is 0 Å². The van der Waals surface area contributed by atoms with Crippen LogP contribution in [0.3, 0.4) is 0 Å². The van der Waals surface area contributed by atoms with Crippen LogP contribution in [0.5, 0.6) is 0 Å². The molecular formula is C17H30N2. The maximum absolute atomic E-state index is 5.96. The van der Waals surface area contributed by atoms with Gasteiger partial charge >= 0.3 is 0 Å². The molecule has 0 amide bonds. The van der Waals surface area contributed by atoms with Crippen molar-refractivity contribution in [1.82, 2.24) is 0 Å². The fraction of sp³-hybridized carbons (Fsp3) is 0.647. The van der Waals surface area contributed by atoms with Crippen molar-refractivity contribution in [3.05, 3.63) is 29.8 Å². The Morgan fingerprint density at radius 2 is 1.74 bits per heavy atom. The van der Waals surface area contributed by atoms with Gasteiger partial charge in [-0.15, -0.1) is 0 Å². The average molecular weight is 262 g/mol. The van der Waals surface area contributed by atoms with Crippen LogP contribution in [-0.4, -0.2) is 19.6 Å². The fourth-order valence-electron chi connectivity index (χ4n) is 2.57. The van der Waals surface area contributed by atoms with Crippen molar-refractivity contribution in [1.29, 1.82) is 0 Å². The predicted molar refractivity (Wildman–Crippen MR) is 85.7 cm³/mol. The first-order valence-corrected chi connectivity index (χ1v) is 7.37. The van der Waals surface area contributed by atoms with Crippen LogP contribution in [0.25, 0.3) is 0 Å². The minimum absolute atomic E-state index is 0.344. The van der Waals surface area contributed by atoms with Crippen LogP contribution in [0.1, 0.15) is 39.7 Å². The van der Waals surface area contributed by atoms with E-state index in [1.807, 2.05) is 0 Å². The zero-order chi connectivity index (χ0) is 14.5. The molecule has 108 valence electrons. The standard InChI is InChI=1S/C17H30N2/c1-6-19(16-9-7-14(2)8-10-16)13-15(12-18)11-17(3,4)5/h7-10,15H,6,11-13,18H2,1-5H3. The second-order valence-electron chi connectivity index (χ2n) is 6.74. The highest BCUT2D eigenvalue weighted by atomic mass is 15.1. The maximum Gasteiger partial charge on any atom is 0.0366 e. The van der Waals surface area contributed by atoms with Crippen LogP contribution in [0, 0.1) is 18.3 Å². The minimum Gasteiger partial charge on any atom is -0.371 e. The van der Waals surface area contributed by atoms with E-state index in [4.69, 9.17) is 5.73 Å². The molecule has 19 heavy (non-hydrogen) atoms. The number of hydrogen-bond acceptors (Lipinski definition) is 2. The monoisotopic (exact) mass is 262 g/mol. The van der Waals surface area contributed by atoms with Gasteiger partial charge in [-0.05, 0) is 50.3 Å². The molecule has 0 saturated carbocycles. The molecule has 1 unspecified atom stereocenters. The lowest BCUT2D eigenvalue weighted by Gasteiger charge is -2.31. The molecule has 0 aliphatic rings. The van der Waals surface area contributed by atoms with E-state index in [0.717, 1.165) is 19.6 Å². The van der Waals surface area contributed by atoms with Gasteiger partial charge in [-0.3, -0.25) is 0 Å². The third-order valence-corrected chi connectivity index (χ3v) is 3.49. The Morgan fingerprint density at radius 3 is 2.16 bits per heavy atom. The Bertz CT molecular complexity index is 362. The van der Waals surface area contributed by atoms with Crippen LogP contribution in [0.15, 0.2) is 24.3 Å². The lowest BCUT2D eigenvalue weighted by atomic mass is 9.84. The molecule has 0 bridgehead atoms. The average Bonchev–Trinajstić information content (AvgIpc) is 2.34. The topological polar surface area (TPSA) is 29.3 Å². The van der Waals surface area contributed by atoms with Crippen molar-refractivity contribution < 1.29 is 0 Å². The fourth-order valence-corrected chi connectivity index (χ4v) is 2.57. The third kappa shape index (κ3) is 5.65. The third-order valence-electron chi connectivity index (χ3n) is 3.49. The normalized spacial score (nSPS) is 13.4. The number of hydrogen-bond donors (Lipinski definition) is 1. The molecule has 1 atom stereocenters. The summed E-state index contributed by atoms with van der Waals surface area (Å²) < 4.78 is 0. The smallest absolute Gasteiger partial charge is 0.0366 e. The summed E-state index contributed by atoms with van der Waals surface area (Å²) in [5.74, 6) is 0.557. The van der Waals surface area contributed by atoms with Gasteiger partial charge in [0.2, 0.25) is 0 Å². The van der Waals surface area contributed by atoms with E-state index in [1.165, 1.54) is 17.7 Å². The van der Waals surface area contributed by atoms with E-state index >= 15 is 0 Å². The van der Waals surface area contributed by atoms with Gasteiger partial charge in [0.25, 0.3) is 0 Å². The first-order valence-electron chi connectivity index (χ1n) is 7.37. The number of anilines is 1. The first-order chi connectivity index (χ1) is 8.85. The van der Waals surface area contributed by atoms with Gasteiger partial charge in [0.05, 0.1) is 0 Å². The number of nitrogens with zero attached hydrogens (tertiary/aromatic N) is 1. The molecule has 0 heterocycles. The Labute approximate surface area is 119 Å². The van der Waals surface area contributed by atoms with E-state index in [0.29, 0.717) is 11.3 Å². The first kappa shape index (κ1) is 16.0. The summed E-state index contributed by atoms with van der Waals surface area (Å²) in [5, 5.41) is 0. The molecule has 0 aliphatic heterocycles. The predicted octanol–water partition coefficient (Wildman–Crippen LogP) is 3.83. The van der Waals surface area contributed by atoms with Gasteiger partial charge in [-0.25, -0.2) is 0 Å². The van der Waals surface area contributed by atoms with Crippen LogP contribution < -0.4 is 10.6 Å². The molecule has 1 rings (SSSR count). The van der Waals surface area contributed by atoms with Gasteiger partial charge in [0, 0.05) is 18.8 Å². The molecule has 2 N–H and O–H groups in total. The molecule has 1 aromatic rings. The van der Waals surface area contributed by atoms with Gasteiger partial charge in [-0.2, -0.15) is 0 Å². The Kier molecular flexibility index (Phi) is 5.86. The summed E-state index contributed by atoms with van der Waals surface area (Å²) in [7, 11) is 0. The molecule has 0 saturated heterocycles.